The van der Waals surface area contributed by atoms with E-state index in [2.05, 4.69) is 26.0 Å². The molecule has 1 saturated carbocycles. The molecule has 0 radical (unpaired) electrons. The molecule has 0 aliphatic heterocycles. The molecule has 10 heteroatoms. The fourth-order valence-corrected chi connectivity index (χ4v) is 4.71. The van der Waals surface area contributed by atoms with Crippen molar-refractivity contribution in [2.75, 3.05) is 19.0 Å². The third-order valence-electron chi connectivity index (χ3n) is 4.32. The van der Waals surface area contributed by atoms with E-state index in [-0.39, 0.29) is 22.3 Å². The predicted octanol–water partition coefficient (Wildman–Crippen LogP) is 3.00. The summed E-state index contributed by atoms with van der Waals surface area (Å²) >= 11 is 3.36. The molecule has 0 aromatic heterocycles. The Morgan fingerprint density at radius 2 is 1.90 bits per heavy atom. The summed E-state index contributed by atoms with van der Waals surface area (Å²) in [6, 6.07) is 9.25. The predicted molar refractivity (Wildman–Crippen MR) is 114 cm³/mol. The van der Waals surface area contributed by atoms with Crippen LogP contribution in [0.5, 0.6) is 5.75 Å². The maximum Gasteiger partial charge on any atom is 0.338 e. The summed E-state index contributed by atoms with van der Waals surface area (Å²) < 4.78 is 38.5. The Morgan fingerprint density at radius 1 is 1.17 bits per heavy atom. The van der Waals surface area contributed by atoms with Crippen LogP contribution in [0.4, 0.5) is 5.69 Å². The lowest BCUT2D eigenvalue weighted by Gasteiger charge is -2.12. The van der Waals surface area contributed by atoms with Crippen molar-refractivity contribution in [1.29, 1.82) is 0 Å². The number of hydrogen-bond donors (Lipinski definition) is 2. The number of benzene rings is 2. The number of sulfonamides is 1. The van der Waals surface area contributed by atoms with E-state index in [1.807, 2.05) is 19.1 Å². The number of aryl methyl sites for hydroxylation is 1. The Morgan fingerprint density at radius 3 is 2.53 bits per heavy atom. The second-order valence-corrected chi connectivity index (χ2v) is 9.41. The molecule has 1 aliphatic carbocycles. The van der Waals surface area contributed by atoms with Crippen molar-refractivity contribution in [2.45, 2.75) is 30.7 Å². The highest BCUT2D eigenvalue weighted by molar-refractivity contribution is 9.10. The van der Waals surface area contributed by atoms with Crippen molar-refractivity contribution < 1.29 is 27.5 Å². The SMILES string of the molecule is COc1ccc(C(=O)OCC(=O)Nc2ccc(C)cc2Br)cc1S(=O)(=O)NC1CC1. The maximum absolute atomic E-state index is 12.6. The van der Waals surface area contributed by atoms with Crippen LogP contribution < -0.4 is 14.8 Å². The third-order valence-corrected chi connectivity index (χ3v) is 6.52. The molecule has 2 aromatic rings. The maximum atomic E-state index is 12.6. The number of esters is 1. The topological polar surface area (TPSA) is 111 Å². The summed E-state index contributed by atoms with van der Waals surface area (Å²) in [6.07, 6.45) is 1.55. The number of rotatable bonds is 8. The molecule has 30 heavy (non-hydrogen) atoms. The molecule has 0 unspecified atom stereocenters. The summed E-state index contributed by atoms with van der Waals surface area (Å²) in [4.78, 5) is 24.3. The van der Waals surface area contributed by atoms with Crippen LogP contribution in [-0.2, 0) is 19.6 Å². The first kappa shape index (κ1) is 22.3. The van der Waals surface area contributed by atoms with Crippen LogP contribution in [0.25, 0.3) is 0 Å². The Bertz CT molecular complexity index is 1080. The Labute approximate surface area is 183 Å². The summed E-state index contributed by atoms with van der Waals surface area (Å²) in [5, 5.41) is 2.64. The van der Waals surface area contributed by atoms with Gasteiger partial charge in [-0.15, -0.1) is 0 Å². The minimum absolute atomic E-state index is 0.00344. The number of amides is 1. The van der Waals surface area contributed by atoms with E-state index < -0.39 is 28.5 Å². The number of carbonyl (C=O) groups excluding carboxylic acids is 2. The van der Waals surface area contributed by atoms with Crippen molar-refractivity contribution in [1.82, 2.24) is 4.72 Å². The number of carbonyl (C=O) groups is 2. The fraction of sp³-hybridized carbons (Fsp3) is 0.300. The summed E-state index contributed by atoms with van der Waals surface area (Å²) in [6.45, 7) is 1.40. The Kier molecular flexibility index (Phi) is 6.79. The van der Waals surface area contributed by atoms with Crippen LogP contribution in [0.1, 0.15) is 28.8 Å². The number of methoxy groups -OCH3 is 1. The van der Waals surface area contributed by atoms with E-state index in [0.29, 0.717) is 10.2 Å². The van der Waals surface area contributed by atoms with Gasteiger partial charge < -0.3 is 14.8 Å². The molecule has 0 bridgehead atoms. The molecule has 0 heterocycles. The number of hydrogen-bond acceptors (Lipinski definition) is 6. The molecule has 160 valence electrons. The molecule has 1 fully saturated rings. The first-order valence-electron chi connectivity index (χ1n) is 9.13. The molecule has 0 atom stereocenters. The molecule has 3 rings (SSSR count). The van der Waals surface area contributed by atoms with Crippen LogP contribution in [0.15, 0.2) is 45.8 Å². The van der Waals surface area contributed by atoms with E-state index in [9.17, 15) is 18.0 Å². The van der Waals surface area contributed by atoms with Crippen molar-refractivity contribution in [3.05, 3.63) is 52.0 Å². The van der Waals surface area contributed by atoms with Gasteiger partial charge in [-0.25, -0.2) is 17.9 Å². The summed E-state index contributed by atoms with van der Waals surface area (Å²) in [5.74, 6) is -1.23. The highest BCUT2D eigenvalue weighted by Gasteiger charge is 2.30. The molecule has 2 aromatic carbocycles. The largest absolute Gasteiger partial charge is 0.495 e. The van der Waals surface area contributed by atoms with Crippen LogP contribution in [0.2, 0.25) is 0 Å². The molecule has 1 amide bonds. The zero-order valence-corrected chi connectivity index (χ0v) is 18.8. The number of anilines is 1. The standard InChI is InChI=1S/C20H21BrN2O6S/c1-12-3-7-16(15(21)9-12)22-19(24)11-29-20(25)13-4-8-17(28-2)18(10-13)30(26,27)23-14-5-6-14/h3-4,7-10,14,23H,5-6,11H2,1-2H3,(H,22,24). The average molecular weight is 497 g/mol. The van der Waals surface area contributed by atoms with Crippen LogP contribution in [-0.4, -0.2) is 40.1 Å². The minimum atomic E-state index is -3.84. The average Bonchev–Trinajstić information content (AvgIpc) is 3.51. The van der Waals surface area contributed by atoms with Gasteiger partial charge in [0.1, 0.15) is 10.6 Å². The van der Waals surface area contributed by atoms with Gasteiger partial charge in [0.25, 0.3) is 5.91 Å². The van der Waals surface area contributed by atoms with E-state index >= 15 is 0 Å². The van der Waals surface area contributed by atoms with Gasteiger partial charge in [-0.2, -0.15) is 0 Å². The first-order chi connectivity index (χ1) is 14.2. The zero-order chi connectivity index (χ0) is 21.9. The molecule has 2 N–H and O–H groups in total. The lowest BCUT2D eigenvalue weighted by atomic mass is 10.2. The van der Waals surface area contributed by atoms with Gasteiger partial charge >= 0.3 is 5.97 Å². The Hall–Kier alpha value is -2.43. The fourth-order valence-electron chi connectivity index (χ4n) is 2.62. The van der Waals surface area contributed by atoms with Crippen molar-refractivity contribution in [3.8, 4) is 5.75 Å². The summed E-state index contributed by atoms with van der Waals surface area (Å²) in [7, 11) is -2.50. The van der Waals surface area contributed by atoms with E-state index in [1.165, 1.54) is 25.3 Å². The lowest BCUT2D eigenvalue weighted by Crippen LogP contribution is -2.26. The van der Waals surface area contributed by atoms with Gasteiger partial charge in [0.2, 0.25) is 10.0 Å². The van der Waals surface area contributed by atoms with Gasteiger partial charge in [-0.1, -0.05) is 6.07 Å². The van der Waals surface area contributed by atoms with Crippen molar-refractivity contribution >= 4 is 43.5 Å². The molecule has 1 aliphatic rings. The molecule has 0 saturated heterocycles. The monoisotopic (exact) mass is 496 g/mol. The van der Waals surface area contributed by atoms with E-state index in [0.717, 1.165) is 18.4 Å². The molecular weight excluding hydrogens is 476 g/mol. The van der Waals surface area contributed by atoms with Gasteiger partial charge in [0, 0.05) is 10.5 Å². The first-order valence-corrected chi connectivity index (χ1v) is 11.4. The lowest BCUT2D eigenvalue weighted by molar-refractivity contribution is -0.119. The normalized spacial score (nSPS) is 13.6. The van der Waals surface area contributed by atoms with Crippen LogP contribution in [0.3, 0.4) is 0 Å². The van der Waals surface area contributed by atoms with Gasteiger partial charge in [-0.05, 0) is 71.6 Å². The van der Waals surface area contributed by atoms with Gasteiger partial charge in [0.15, 0.2) is 6.61 Å². The summed E-state index contributed by atoms with van der Waals surface area (Å²) in [5.41, 5.74) is 1.56. The van der Waals surface area contributed by atoms with Crippen LogP contribution >= 0.6 is 15.9 Å². The highest BCUT2D eigenvalue weighted by atomic mass is 79.9. The zero-order valence-electron chi connectivity index (χ0n) is 16.4. The number of ether oxygens (including phenoxy) is 2. The smallest absolute Gasteiger partial charge is 0.338 e. The Balaban J connectivity index is 1.67. The van der Waals surface area contributed by atoms with Gasteiger partial charge in [-0.3, -0.25) is 4.79 Å². The second kappa shape index (κ2) is 9.15. The van der Waals surface area contributed by atoms with Crippen molar-refractivity contribution in [2.24, 2.45) is 0 Å². The molecule has 8 nitrogen and oxygen atoms in total. The number of halogens is 1. The van der Waals surface area contributed by atoms with E-state index in [1.54, 1.807) is 6.07 Å². The third kappa shape index (κ3) is 5.59. The van der Waals surface area contributed by atoms with E-state index in [4.69, 9.17) is 9.47 Å². The van der Waals surface area contributed by atoms with Crippen molar-refractivity contribution in [3.63, 3.8) is 0 Å². The van der Waals surface area contributed by atoms with Gasteiger partial charge in [0.05, 0.1) is 18.4 Å². The molecule has 0 spiro atoms. The van der Waals surface area contributed by atoms with Crippen LogP contribution in [0, 0.1) is 6.92 Å². The second-order valence-electron chi connectivity index (χ2n) is 6.87. The quantitative estimate of drug-likeness (QED) is 0.543. The highest BCUT2D eigenvalue weighted by Crippen LogP contribution is 2.28. The number of nitrogens with one attached hydrogen (secondary N) is 2. The minimum Gasteiger partial charge on any atom is -0.495 e. The molecular formula is C20H21BrN2O6S.